The number of ether oxygens (including phenoxy) is 2. The summed E-state index contributed by atoms with van der Waals surface area (Å²) in [5, 5.41) is 3.50. The molecule has 0 amide bonds. The molecule has 0 aromatic rings. The predicted octanol–water partition coefficient (Wildman–Crippen LogP) is 1.89. The lowest BCUT2D eigenvalue weighted by Crippen LogP contribution is -2.49. The molecule has 0 radical (unpaired) electrons. The molecule has 4 heteroatoms. The maximum absolute atomic E-state index is 5.79. The first-order chi connectivity index (χ1) is 9.09. The van der Waals surface area contributed by atoms with Crippen LogP contribution in [0.1, 0.15) is 40.5 Å². The van der Waals surface area contributed by atoms with Crippen LogP contribution in [0.5, 0.6) is 0 Å². The lowest BCUT2D eigenvalue weighted by Gasteiger charge is -2.35. The maximum Gasteiger partial charge on any atom is 0.0826 e. The molecule has 1 atom stereocenters. The second-order valence-corrected chi connectivity index (χ2v) is 5.91. The van der Waals surface area contributed by atoms with Crippen molar-refractivity contribution in [2.24, 2.45) is 0 Å². The summed E-state index contributed by atoms with van der Waals surface area (Å²) in [5.74, 6) is 0. The summed E-state index contributed by atoms with van der Waals surface area (Å²) < 4.78 is 11.3. The molecule has 19 heavy (non-hydrogen) atoms. The van der Waals surface area contributed by atoms with E-state index in [9.17, 15) is 0 Å². The van der Waals surface area contributed by atoms with Crippen molar-refractivity contribution in [3.8, 4) is 0 Å². The van der Waals surface area contributed by atoms with Crippen LogP contribution in [-0.2, 0) is 9.47 Å². The zero-order chi connectivity index (χ0) is 14.1. The van der Waals surface area contributed by atoms with Crippen LogP contribution in [0.4, 0.5) is 0 Å². The molecule has 114 valence electrons. The van der Waals surface area contributed by atoms with Gasteiger partial charge < -0.3 is 14.8 Å². The molecule has 0 bridgehead atoms. The fourth-order valence-electron chi connectivity index (χ4n) is 2.27. The van der Waals surface area contributed by atoms with Gasteiger partial charge in [0.1, 0.15) is 0 Å². The van der Waals surface area contributed by atoms with Crippen LogP contribution in [0.3, 0.4) is 0 Å². The monoisotopic (exact) mass is 272 g/mol. The minimum Gasteiger partial charge on any atom is -0.379 e. The Morgan fingerprint density at radius 1 is 1.26 bits per heavy atom. The summed E-state index contributed by atoms with van der Waals surface area (Å²) in [7, 11) is 0. The summed E-state index contributed by atoms with van der Waals surface area (Å²) >= 11 is 0. The average molecular weight is 272 g/mol. The molecule has 0 saturated carbocycles. The van der Waals surface area contributed by atoms with Gasteiger partial charge in [-0.25, -0.2) is 0 Å². The van der Waals surface area contributed by atoms with Gasteiger partial charge in [0.15, 0.2) is 0 Å². The minimum atomic E-state index is 0.350. The summed E-state index contributed by atoms with van der Waals surface area (Å²) in [5.41, 5.74) is 0. The van der Waals surface area contributed by atoms with Crippen molar-refractivity contribution in [3.05, 3.63) is 0 Å². The van der Waals surface area contributed by atoms with Crippen LogP contribution in [0.25, 0.3) is 0 Å². The van der Waals surface area contributed by atoms with Gasteiger partial charge in [0, 0.05) is 32.3 Å². The van der Waals surface area contributed by atoms with Crippen LogP contribution < -0.4 is 5.32 Å². The summed E-state index contributed by atoms with van der Waals surface area (Å²) in [6.07, 6.45) is 3.01. The predicted molar refractivity (Wildman–Crippen MR) is 79.6 cm³/mol. The quantitative estimate of drug-likeness (QED) is 0.650. The first kappa shape index (κ1) is 16.9. The molecule has 1 fully saturated rings. The molecule has 1 heterocycles. The van der Waals surface area contributed by atoms with Gasteiger partial charge in [0.2, 0.25) is 0 Å². The van der Waals surface area contributed by atoms with Crippen molar-refractivity contribution in [1.82, 2.24) is 10.2 Å². The highest BCUT2D eigenvalue weighted by Gasteiger charge is 2.21. The van der Waals surface area contributed by atoms with E-state index in [1.165, 1.54) is 6.42 Å². The van der Waals surface area contributed by atoms with Gasteiger partial charge in [-0.1, -0.05) is 0 Å². The Kier molecular flexibility index (Phi) is 8.62. The molecule has 1 unspecified atom stereocenters. The van der Waals surface area contributed by atoms with E-state index in [0.29, 0.717) is 18.2 Å². The lowest BCUT2D eigenvalue weighted by molar-refractivity contribution is -0.0371. The Morgan fingerprint density at radius 3 is 2.74 bits per heavy atom. The number of hydrogen-bond donors (Lipinski definition) is 1. The molecule has 1 saturated heterocycles. The number of rotatable bonds is 9. The third-order valence-electron chi connectivity index (χ3n) is 3.47. The third-order valence-corrected chi connectivity index (χ3v) is 3.47. The van der Waals surface area contributed by atoms with E-state index < -0.39 is 0 Å². The summed E-state index contributed by atoms with van der Waals surface area (Å²) in [4.78, 5) is 2.49. The molecule has 0 aromatic carbocycles. The Bertz CT molecular complexity index is 222. The van der Waals surface area contributed by atoms with Gasteiger partial charge in [-0.05, 0) is 47.1 Å². The Labute approximate surface area is 118 Å². The Morgan fingerprint density at radius 2 is 2.05 bits per heavy atom. The highest BCUT2D eigenvalue weighted by Crippen LogP contribution is 2.08. The summed E-state index contributed by atoms with van der Waals surface area (Å²) in [6, 6.07) is 0.625. The van der Waals surface area contributed by atoms with Gasteiger partial charge in [0.05, 0.1) is 18.8 Å². The first-order valence-corrected chi connectivity index (χ1v) is 7.77. The second kappa shape index (κ2) is 9.70. The molecule has 0 spiro atoms. The molecule has 1 rings (SSSR count). The van der Waals surface area contributed by atoms with Gasteiger partial charge >= 0.3 is 0 Å². The van der Waals surface area contributed by atoms with Crippen LogP contribution >= 0.6 is 0 Å². The molecular weight excluding hydrogens is 240 g/mol. The van der Waals surface area contributed by atoms with Crippen LogP contribution in [0.15, 0.2) is 0 Å². The molecule has 0 aromatic heterocycles. The van der Waals surface area contributed by atoms with E-state index >= 15 is 0 Å². The maximum atomic E-state index is 5.79. The molecule has 1 N–H and O–H groups in total. The zero-order valence-electron chi connectivity index (χ0n) is 13.2. The minimum absolute atomic E-state index is 0.350. The van der Waals surface area contributed by atoms with Crippen molar-refractivity contribution in [1.29, 1.82) is 0 Å². The van der Waals surface area contributed by atoms with E-state index in [2.05, 4.69) is 37.9 Å². The average Bonchev–Trinajstić information content (AvgIpc) is 2.37. The number of nitrogens with one attached hydrogen (secondary N) is 1. The van der Waals surface area contributed by atoms with Crippen molar-refractivity contribution in [2.75, 3.05) is 39.4 Å². The van der Waals surface area contributed by atoms with Gasteiger partial charge in [0.25, 0.3) is 0 Å². The van der Waals surface area contributed by atoms with Crippen molar-refractivity contribution >= 4 is 0 Å². The topological polar surface area (TPSA) is 33.7 Å². The van der Waals surface area contributed by atoms with Crippen LogP contribution in [0.2, 0.25) is 0 Å². The highest BCUT2D eigenvalue weighted by atomic mass is 16.5. The molecule has 1 aliphatic rings. The standard InChI is InChI=1S/C15H32N2O2/c1-13(2)17-8-10-19-15(12-17)11-16-7-5-6-9-18-14(3)4/h13-16H,5-12H2,1-4H3. The zero-order valence-corrected chi connectivity index (χ0v) is 13.2. The van der Waals surface area contributed by atoms with Crippen molar-refractivity contribution in [2.45, 2.75) is 58.8 Å². The van der Waals surface area contributed by atoms with E-state index in [-0.39, 0.29) is 0 Å². The number of nitrogens with zero attached hydrogens (tertiary/aromatic N) is 1. The fraction of sp³-hybridized carbons (Fsp3) is 1.00. The Balaban J connectivity index is 1.97. The van der Waals surface area contributed by atoms with Crippen LogP contribution in [-0.4, -0.2) is 62.5 Å². The number of unbranched alkanes of at least 4 members (excludes halogenated alkanes) is 1. The molecule has 4 nitrogen and oxygen atoms in total. The van der Waals surface area contributed by atoms with E-state index in [1.807, 2.05) is 0 Å². The van der Waals surface area contributed by atoms with E-state index in [0.717, 1.165) is 45.8 Å². The van der Waals surface area contributed by atoms with E-state index in [1.54, 1.807) is 0 Å². The van der Waals surface area contributed by atoms with E-state index in [4.69, 9.17) is 9.47 Å². The summed E-state index contributed by atoms with van der Waals surface area (Å²) in [6.45, 7) is 14.6. The second-order valence-electron chi connectivity index (χ2n) is 5.91. The molecular formula is C15H32N2O2. The Hall–Kier alpha value is -0.160. The number of hydrogen-bond acceptors (Lipinski definition) is 4. The molecule has 1 aliphatic heterocycles. The van der Waals surface area contributed by atoms with Gasteiger partial charge in [-0.2, -0.15) is 0 Å². The van der Waals surface area contributed by atoms with Gasteiger partial charge in [-0.15, -0.1) is 0 Å². The number of morpholine rings is 1. The molecule has 0 aliphatic carbocycles. The largest absolute Gasteiger partial charge is 0.379 e. The smallest absolute Gasteiger partial charge is 0.0826 e. The first-order valence-electron chi connectivity index (χ1n) is 7.77. The lowest BCUT2D eigenvalue weighted by atomic mass is 10.2. The van der Waals surface area contributed by atoms with Crippen molar-refractivity contribution < 1.29 is 9.47 Å². The van der Waals surface area contributed by atoms with Crippen LogP contribution in [0, 0.1) is 0 Å². The third kappa shape index (κ3) is 7.88. The van der Waals surface area contributed by atoms with Crippen molar-refractivity contribution in [3.63, 3.8) is 0 Å². The SMILES string of the molecule is CC(C)OCCCCNCC1CN(C(C)C)CCO1. The fourth-order valence-corrected chi connectivity index (χ4v) is 2.27. The highest BCUT2D eigenvalue weighted by molar-refractivity contribution is 4.75. The normalized spacial score (nSPS) is 21.5. The van der Waals surface area contributed by atoms with Gasteiger partial charge in [-0.3, -0.25) is 4.90 Å².